The van der Waals surface area contributed by atoms with E-state index in [-0.39, 0.29) is 5.82 Å². The molecule has 0 aliphatic carbocycles. The van der Waals surface area contributed by atoms with Crippen molar-refractivity contribution in [1.82, 2.24) is 19.6 Å². The van der Waals surface area contributed by atoms with Crippen LogP contribution < -0.4 is 4.74 Å². The van der Waals surface area contributed by atoms with Crippen molar-refractivity contribution in [2.24, 2.45) is 0 Å². The molecule has 2 aromatic carbocycles. The lowest BCUT2D eigenvalue weighted by molar-refractivity contribution is 0.304. The quantitative estimate of drug-likeness (QED) is 0.560. The molecule has 0 radical (unpaired) electrons. The number of hydrogen-bond donors (Lipinski definition) is 0. The minimum Gasteiger partial charge on any atom is -0.477 e. The van der Waals surface area contributed by atoms with Gasteiger partial charge in [-0.25, -0.2) is 8.79 Å². The molecule has 4 rings (SSSR count). The maximum atomic E-state index is 13.2. The van der Waals surface area contributed by atoms with Gasteiger partial charge in [-0.15, -0.1) is 10.2 Å². The van der Waals surface area contributed by atoms with E-state index in [0.29, 0.717) is 24.0 Å². The average Bonchev–Trinajstić information content (AvgIpc) is 3.08. The molecule has 0 spiro atoms. The highest BCUT2D eigenvalue weighted by Gasteiger charge is 2.13. The molecular weight excluding hydrogens is 319 g/mol. The Morgan fingerprint density at radius 1 is 0.920 bits per heavy atom. The number of aromatic nitrogens is 4. The molecule has 0 atom stereocenters. The number of ether oxygens (including phenoxy) is 1. The van der Waals surface area contributed by atoms with Gasteiger partial charge < -0.3 is 4.74 Å². The van der Waals surface area contributed by atoms with E-state index in [1.165, 1.54) is 17.7 Å². The zero-order valence-electron chi connectivity index (χ0n) is 13.3. The zero-order chi connectivity index (χ0) is 17.1. The third-order valence-corrected chi connectivity index (χ3v) is 3.87. The predicted octanol–water partition coefficient (Wildman–Crippen LogP) is 3.55. The normalized spacial score (nSPS) is 10.9. The van der Waals surface area contributed by atoms with Gasteiger partial charge in [-0.05, 0) is 29.8 Å². The van der Waals surface area contributed by atoms with E-state index in [4.69, 9.17) is 4.74 Å². The largest absolute Gasteiger partial charge is 0.477 e. The second-order valence-electron chi connectivity index (χ2n) is 5.55. The molecule has 6 heteroatoms. The van der Waals surface area contributed by atoms with E-state index in [1.807, 2.05) is 18.2 Å². The second-order valence-corrected chi connectivity index (χ2v) is 5.55. The first-order chi connectivity index (χ1) is 12.3. The third kappa shape index (κ3) is 3.19. The van der Waals surface area contributed by atoms with E-state index in [9.17, 15) is 4.39 Å². The van der Waals surface area contributed by atoms with Gasteiger partial charge in [0.15, 0.2) is 11.5 Å². The van der Waals surface area contributed by atoms with Crippen LogP contribution in [0.15, 0.2) is 67.0 Å². The Morgan fingerprint density at radius 3 is 2.52 bits per heavy atom. The SMILES string of the molecule is Fc1ccc(-c2nnc3cncc(OCCc4ccccc4)n23)cc1. The fourth-order valence-electron chi connectivity index (χ4n) is 2.63. The van der Waals surface area contributed by atoms with Crippen molar-refractivity contribution in [3.05, 3.63) is 78.4 Å². The first-order valence-corrected chi connectivity index (χ1v) is 7.93. The maximum absolute atomic E-state index is 13.2. The van der Waals surface area contributed by atoms with Crippen LogP contribution in [0.25, 0.3) is 17.0 Å². The van der Waals surface area contributed by atoms with Crippen molar-refractivity contribution in [1.29, 1.82) is 0 Å². The molecule has 0 N–H and O–H groups in total. The van der Waals surface area contributed by atoms with E-state index in [0.717, 1.165) is 12.0 Å². The van der Waals surface area contributed by atoms with Gasteiger partial charge in [0, 0.05) is 12.0 Å². The fraction of sp³-hybridized carbons (Fsp3) is 0.105. The summed E-state index contributed by atoms with van der Waals surface area (Å²) in [5, 5.41) is 8.31. The summed E-state index contributed by atoms with van der Waals surface area (Å²) in [4.78, 5) is 4.15. The van der Waals surface area contributed by atoms with Crippen molar-refractivity contribution in [3.8, 4) is 17.3 Å². The highest BCUT2D eigenvalue weighted by atomic mass is 19.1. The number of halogens is 1. The lowest BCUT2D eigenvalue weighted by Crippen LogP contribution is -2.06. The summed E-state index contributed by atoms with van der Waals surface area (Å²) in [6, 6.07) is 16.2. The first kappa shape index (κ1) is 15.3. The minimum absolute atomic E-state index is 0.293. The van der Waals surface area contributed by atoms with Crippen LogP contribution in [0.2, 0.25) is 0 Å². The van der Waals surface area contributed by atoms with E-state index < -0.39 is 0 Å². The number of nitrogens with zero attached hydrogens (tertiary/aromatic N) is 4. The maximum Gasteiger partial charge on any atom is 0.220 e. The van der Waals surface area contributed by atoms with Crippen LogP contribution in [-0.2, 0) is 6.42 Å². The molecular formula is C19H15FN4O. The Labute approximate surface area is 143 Å². The monoisotopic (exact) mass is 334 g/mol. The molecule has 4 aromatic rings. The Hall–Kier alpha value is -3.28. The molecule has 25 heavy (non-hydrogen) atoms. The standard InChI is InChI=1S/C19H15FN4O/c20-16-8-6-15(7-9-16)19-23-22-17-12-21-13-18(24(17)19)25-11-10-14-4-2-1-3-5-14/h1-9,12-13H,10-11H2. The van der Waals surface area contributed by atoms with Gasteiger partial charge >= 0.3 is 0 Å². The molecule has 0 amide bonds. The van der Waals surface area contributed by atoms with Crippen molar-refractivity contribution in [2.75, 3.05) is 6.61 Å². The van der Waals surface area contributed by atoms with Gasteiger partial charge in [0.1, 0.15) is 5.82 Å². The summed E-state index contributed by atoms with van der Waals surface area (Å²) in [5.41, 5.74) is 2.54. The van der Waals surface area contributed by atoms with Crippen molar-refractivity contribution >= 4 is 5.65 Å². The summed E-state index contributed by atoms with van der Waals surface area (Å²) in [6.07, 6.45) is 4.03. The molecule has 0 unspecified atom stereocenters. The predicted molar refractivity (Wildman–Crippen MR) is 91.8 cm³/mol. The molecule has 0 aliphatic heterocycles. The summed E-state index contributed by atoms with van der Waals surface area (Å²) >= 11 is 0. The van der Waals surface area contributed by atoms with Crippen LogP contribution in [0.1, 0.15) is 5.56 Å². The van der Waals surface area contributed by atoms with Gasteiger partial charge in [0.2, 0.25) is 5.88 Å². The Bertz CT molecular complexity index is 983. The lowest BCUT2D eigenvalue weighted by atomic mass is 10.2. The molecule has 0 bridgehead atoms. The highest BCUT2D eigenvalue weighted by Crippen LogP contribution is 2.23. The smallest absolute Gasteiger partial charge is 0.220 e. The van der Waals surface area contributed by atoms with Gasteiger partial charge in [-0.2, -0.15) is 0 Å². The Morgan fingerprint density at radius 2 is 1.72 bits per heavy atom. The minimum atomic E-state index is -0.293. The molecule has 124 valence electrons. The molecule has 2 heterocycles. The van der Waals surface area contributed by atoms with E-state index in [1.54, 1.807) is 28.9 Å². The third-order valence-electron chi connectivity index (χ3n) is 3.87. The van der Waals surface area contributed by atoms with Crippen LogP contribution in [0.4, 0.5) is 4.39 Å². The highest BCUT2D eigenvalue weighted by molar-refractivity contribution is 5.60. The number of benzene rings is 2. The number of rotatable bonds is 5. The van der Waals surface area contributed by atoms with Crippen LogP contribution in [0, 0.1) is 5.82 Å². The lowest BCUT2D eigenvalue weighted by Gasteiger charge is -2.09. The molecule has 0 fully saturated rings. The number of fused-ring (bicyclic) bond motifs is 1. The summed E-state index contributed by atoms with van der Waals surface area (Å²) in [6.45, 7) is 0.506. The molecule has 2 aromatic heterocycles. The molecule has 0 saturated heterocycles. The van der Waals surface area contributed by atoms with Crippen LogP contribution >= 0.6 is 0 Å². The fourth-order valence-corrected chi connectivity index (χ4v) is 2.63. The van der Waals surface area contributed by atoms with Gasteiger partial charge in [-0.1, -0.05) is 30.3 Å². The molecule has 0 saturated carbocycles. The summed E-state index contributed by atoms with van der Waals surface area (Å²) in [5.74, 6) is 0.850. The average molecular weight is 334 g/mol. The molecule has 5 nitrogen and oxygen atoms in total. The second kappa shape index (κ2) is 6.68. The number of hydrogen-bond acceptors (Lipinski definition) is 4. The Balaban J connectivity index is 1.62. The van der Waals surface area contributed by atoms with Crippen molar-refractivity contribution < 1.29 is 9.13 Å². The molecule has 0 aliphatic rings. The van der Waals surface area contributed by atoms with Crippen LogP contribution in [-0.4, -0.2) is 26.2 Å². The van der Waals surface area contributed by atoms with Crippen LogP contribution in [0.3, 0.4) is 0 Å². The van der Waals surface area contributed by atoms with Crippen molar-refractivity contribution in [3.63, 3.8) is 0 Å². The van der Waals surface area contributed by atoms with E-state index in [2.05, 4.69) is 27.3 Å². The van der Waals surface area contributed by atoms with Gasteiger partial charge in [0.25, 0.3) is 0 Å². The van der Waals surface area contributed by atoms with Crippen LogP contribution in [0.5, 0.6) is 5.88 Å². The van der Waals surface area contributed by atoms with Gasteiger partial charge in [0.05, 0.1) is 19.0 Å². The summed E-state index contributed by atoms with van der Waals surface area (Å²) < 4.78 is 20.9. The van der Waals surface area contributed by atoms with Gasteiger partial charge in [-0.3, -0.25) is 4.98 Å². The first-order valence-electron chi connectivity index (χ1n) is 7.93. The zero-order valence-corrected chi connectivity index (χ0v) is 13.3. The Kier molecular flexibility index (Phi) is 4.08. The van der Waals surface area contributed by atoms with E-state index >= 15 is 0 Å². The topological polar surface area (TPSA) is 52.3 Å². The van der Waals surface area contributed by atoms with Crippen molar-refractivity contribution in [2.45, 2.75) is 6.42 Å². The summed E-state index contributed by atoms with van der Waals surface area (Å²) in [7, 11) is 0.